The Hall–Kier alpha value is -1.25. The van der Waals surface area contributed by atoms with Crippen LogP contribution >= 0.6 is 0 Å². The molecule has 0 aliphatic rings. The van der Waals surface area contributed by atoms with E-state index in [1.165, 1.54) is 5.46 Å². The number of benzene rings is 1. The van der Waals surface area contributed by atoms with Crippen LogP contribution < -0.4 is 5.46 Å². The highest BCUT2D eigenvalue weighted by Crippen LogP contribution is 2.20. The number of hydrogen-bond donors (Lipinski definition) is 1. The molecule has 3 heteroatoms. The highest BCUT2D eigenvalue weighted by Gasteiger charge is 2.13. The minimum Gasteiger partial charge on any atom is -0.342 e. The number of aromatic amines is 1. The van der Waals surface area contributed by atoms with E-state index in [1.54, 1.807) is 0 Å². The summed E-state index contributed by atoms with van der Waals surface area (Å²) < 4.78 is 0. The van der Waals surface area contributed by atoms with Gasteiger partial charge < -0.3 is 4.98 Å². The standard InChI is InChI=1S/C12H16BN2/c1-8-14-10-6-5-9(7-11(10)15-8)13-12(2,3)4/h5-7H,1-4H3,(H,14,15). The molecule has 1 radical (unpaired) electrons. The lowest BCUT2D eigenvalue weighted by Crippen LogP contribution is -2.22. The lowest BCUT2D eigenvalue weighted by molar-refractivity contribution is 0.759. The first kappa shape index (κ1) is 10.3. The Morgan fingerprint density at radius 2 is 2.00 bits per heavy atom. The summed E-state index contributed by atoms with van der Waals surface area (Å²) >= 11 is 0. The molecule has 2 rings (SSSR count). The van der Waals surface area contributed by atoms with E-state index in [2.05, 4.69) is 56.2 Å². The first-order valence-corrected chi connectivity index (χ1v) is 5.26. The largest absolute Gasteiger partial charge is 0.342 e. The Bertz CT molecular complexity index is 480. The molecule has 1 aromatic heterocycles. The molecule has 0 saturated heterocycles. The third-order valence-corrected chi connectivity index (χ3v) is 2.22. The number of nitrogens with zero attached hydrogens (tertiary/aromatic N) is 1. The molecule has 0 aliphatic carbocycles. The number of H-pyrrole nitrogens is 1. The maximum Gasteiger partial charge on any atom is 0.158 e. The van der Waals surface area contributed by atoms with Crippen molar-refractivity contribution in [2.24, 2.45) is 0 Å². The third kappa shape index (κ3) is 2.41. The molecule has 0 atom stereocenters. The SMILES string of the molecule is Cc1nc2ccc([B]C(C)(C)C)cc2[nH]1. The number of fused-ring (bicyclic) bond motifs is 1. The van der Waals surface area contributed by atoms with Crippen LogP contribution in [0.2, 0.25) is 5.31 Å². The summed E-state index contributed by atoms with van der Waals surface area (Å²) in [6, 6.07) is 6.34. The molecule has 1 aromatic carbocycles. The van der Waals surface area contributed by atoms with Crippen molar-refractivity contribution in [3.05, 3.63) is 24.0 Å². The van der Waals surface area contributed by atoms with Crippen molar-refractivity contribution in [3.63, 3.8) is 0 Å². The number of imidazole rings is 1. The van der Waals surface area contributed by atoms with E-state index < -0.39 is 0 Å². The maximum atomic E-state index is 4.38. The average Bonchev–Trinajstić information content (AvgIpc) is 2.40. The van der Waals surface area contributed by atoms with Crippen molar-refractivity contribution < 1.29 is 0 Å². The lowest BCUT2D eigenvalue weighted by atomic mass is 9.51. The summed E-state index contributed by atoms with van der Waals surface area (Å²) in [6.45, 7) is 8.59. The molecule has 1 heterocycles. The number of rotatable bonds is 1. The number of aromatic nitrogens is 2. The van der Waals surface area contributed by atoms with Crippen molar-refractivity contribution in [3.8, 4) is 0 Å². The molecule has 0 saturated carbocycles. The van der Waals surface area contributed by atoms with Gasteiger partial charge in [0.2, 0.25) is 0 Å². The minimum atomic E-state index is 0.211. The molecule has 0 bridgehead atoms. The van der Waals surface area contributed by atoms with E-state index in [1.807, 2.05) is 6.92 Å². The lowest BCUT2D eigenvalue weighted by Gasteiger charge is -2.16. The van der Waals surface area contributed by atoms with E-state index in [9.17, 15) is 0 Å². The fourth-order valence-corrected chi connectivity index (χ4v) is 1.74. The van der Waals surface area contributed by atoms with E-state index in [0.29, 0.717) is 0 Å². The van der Waals surface area contributed by atoms with Crippen LogP contribution in [0.15, 0.2) is 18.2 Å². The monoisotopic (exact) mass is 199 g/mol. The van der Waals surface area contributed by atoms with Gasteiger partial charge in [-0.05, 0) is 19.1 Å². The van der Waals surface area contributed by atoms with E-state index >= 15 is 0 Å². The molecule has 77 valence electrons. The van der Waals surface area contributed by atoms with Gasteiger partial charge in [0, 0.05) is 0 Å². The summed E-state index contributed by atoms with van der Waals surface area (Å²) in [5, 5.41) is 0.211. The van der Waals surface area contributed by atoms with Gasteiger partial charge in [-0.15, -0.1) is 0 Å². The molecule has 0 fully saturated rings. The molecule has 2 aromatic rings. The maximum absolute atomic E-state index is 4.38. The Kier molecular flexibility index (Phi) is 2.33. The third-order valence-electron chi connectivity index (χ3n) is 2.22. The minimum absolute atomic E-state index is 0.211. The van der Waals surface area contributed by atoms with Crippen LogP contribution in [-0.4, -0.2) is 17.2 Å². The number of aryl methyl sites for hydroxylation is 1. The molecule has 0 amide bonds. The Balaban J connectivity index is 2.38. The first-order chi connectivity index (χ1) is 6.94. The van der Waals surface area contributed by atoms with Crippen molar-refractivity contribution in [1.29, 1.82) is 0 Å². The predicted octanol–water partition coefficient (Wildman–Crippen LogP) is 2.42. The number of hydrogen-bond acceptors (Lipinski definition) is 1. The quantitative estimate of drug-likeness (QED) is 0.702. The predicted molar refractivity (Wildman–Crippen MR) is 65.9 cm³/mol. The summed E-state index contributed by atoms with van der Waals surface area (Å²) in [6.07, 6.45) is 0. The number of nitrogens with one attached hydrogen (secondary N) is 1. The van der Waals surface area contributed by atoms with Crippen LogP contribution in [-0.2, 0) is 0 Å². The van der Waals surface area contributed by atoms with Crippen LogP contribution in [0.3, 0.4) is 0 Å². The summed E-state index contributed by atoms with van der Waals surface area (Å²) in [4.78, 5) is 7.63. The zero-order valence-corrected chi connectivity index (χ0v) is 9.76. The Morgan fingerprint density at radius 3 is 2.67 bits per heavy atom. The van der Waals surface area contributed by atoms with Crippen LogP contribution in [0.5, 0.6) is 0 Å². The summed E-state index contributed by atoms with van der Waals surface area (Å²) in [5.41, 5.74) is 3.41. The molecule has 0 spiro atoms. The second-order valence-corrected chi connectivity index (χ2v) is 5.11. The second kappa shape index (κ2) is 3.40. The average molecular weight is 199 g/mol. The zero-order valence-electron chi connectivity index (χ0n) is 9.76. The molecular weight excluding hydrogens is 183 g/mol. The summed E-state index contributed by atoms with van der Waals surface area (Å²) in [7, 11) is 2.27. The van der Waals surface area contributed by atoms with Crippen molar-refractivity contribution in [2.45, 2.75) is 33.0 Å². The Labute approximate surface area is 91.4 Å². The fourth-order valence-electron chi connectivity index (χ4n) is 1.74. The molecule has 0 aliphatic heterocycles. The summed E-state index contributed by atoms with van der Waals surface area (Å²) in [5.74, 6) is 0.970. The van der Waals surface area contributed by atoms with E-state index in [0.717, 1.165) is 16.9 Å². The van der Waals surface area contributed by atoms with Gasteiger partial charge in [0.15, 0.2) is 7.28 Å². The van der Waals surface area contributed by atoms with Gasteiger partial charge in [-0.1, -0.05) is 37.6 Å². The Morgan fingerprint density at radius 1 is 1.27 bits per heavy atom. The molecule has 1 N–H and O–H groups in total. The highest BCUT2D eigenvalue weighted by atomic mass is 14.9. The fraction of sp³-hybridized carbons (Fsp3) is 0.417. The van der Waals surface area contributed by atoms with Gasteiger partial charge in [-0.3, -0.25) is 0 Å². The van der Waals surface area contributed by atoms with Gasteiger partial charge in [0.1, 0.15) is 5.82 Å². The molecule has 2 nitrogen and oxygen atoms in total. The topological polar surface area (TPSA) is 28.7 Å². The smallest absolute Gasteiger partial charge is 0.158 e. The van der Waals surface area contributed by atoms with Gasteiger partial charge in [0.05, 0.1) is 11.0 Å². The molecule has 15 heavy (non-hydrogen) atoms. The van der Waals surface area contributed by atoms with Crippen molar-refractivity contribution >= 4 is 23.8 Å². The van der Waals surface area contributed by atoms with Gasteiger partial charge in [-0.25, -0.2) is 4.98 Å². The first-order valence-electron chi connectivity index (χ1n) is 5.26. The van der Waals surface area contributed by atoms with Crippen molar-refractivity contribution in [1.82, 2.24) is 9.97 Å². The van der Waals surface area contributed by atoms with Gasteiger partial charge >= 0.3 is 0 Å². The van der Waals surface area contributed by atoms with Gasteiger partial charge in [-0.2, -0.15) is 0 Å². The van der Waals surface area contributed by atoms with E-state index in [4.69, 9.17) is 0 Å². The molecular formula is C12H16BN2. The second-order valence-electron chi connectivity index (χ2n) is 5.11. The van der Waals surface area contributed by atoms with Crippen molar-refractivity contribution in [2.75, 3.05) is 0 Å². The highest BCUT2D eigenvalue weighted by molar-refractivity contribution is 6.56. The molecule has 0 unspecified atom stereocenters. The van der Waals surface area contributed by atoms with E-state index in [-0.39, 0.29) is 5.31 Å². The van der Waals surface area contributed by atoms with Crippen LogP contribution in [0, 0.1) is 6.92 Å². The van der Waals surface area contributed by atoms with Crippen LogP contribution in [0.25, 0.3) is 11.0 Å². The van der Waals surface area contributed by atoms with Gasteiger partial charge in [0.25, 0.3) is 0 Å². The van der Waals surface area contributed by atoms with Crippen LogP contribution in [0.4, 0.5) is 0 Å². The normalized spacial score (nSPS) is 12.0. The zero-order chi connectivity index (χ0) is 11.1. The van der Waals surface area contributed by atoms with Crippen LogP contribution in [0.1, 0.15) is 26.6 Å².